The summed E-state index contributed by atoms with van der Waals surface area (Å²) in [5, 5.41) is 10.6. The van der Waals surface area contributed by atoms with Gasteiger partial charge < -0.3 is 10.1 Å². The molecule has 0 unspecified atom stereocenters. The zero-order chi connectivity index (χ0) is 11.7. The number of H-pyrrole nitrogens is 1. The van der Waals surface area contributed by atoms with Crippen LogP contribution in [0.4, 0.5) is 0 Å². The molecule has 1 aromatic carbocycles. The predicted octanol–water partition coefficient (Wildman–Crippen LogP) is 4.31. The molecule has 1 aliphatic rings. The van der Waals surface area contributed by atoms with Crippen LogP contribution < -0.4 is 0 Å². The van der Waals surface area contributed by atoms with Gasteiger partial charge in [0, 0.05) is 16.6 Å². The molecule has 17 heavy (non-hydrogen) atoms. The second-order valence-electron chi connectivity index (χ2n) is 5.18. The van der Waals surface area contributed by atoms with Crippen LogP contribution in [-0.2, 0) is 0 Å². The molecule has 0 spiro atoms. The standard InChI is InChI=1S/C15H19NO/c17-13-7-8-14-12(9-13)10-15(16-14)11-5-3-1-2-4-6-11/h7-11,16-17H,1-6H2. The molecule has 1 heterocycles. The van der Waals surface area contributed by atoms with Gasteiger partial charge in [0.2, 0.25) is 0 Å². The predicted molar refractivity (Wildman–Crippen MR) is 70.4 cm³/mol. The Labute approximate surface area is 102 Å². The largest absolute Gasteiger partial charge is 0.508 e. The van der Waals surface area contributed by atoms with Crippen LogP contribution in [-0.4, -0.2) is 10.1 Å². The molecule has 0 amide bonds. The lowest BCUT2D eigenvalue weighted by molar-refractivity contribution is 0.476. The molecule has 90 valence electrons. The smallest absolute Gasteiger partial charge is 0.116 e. The van der Waals surface area contributed by atoms with E-state index < -0.39 is 0 Å². The van der Waals surface area contributed by atoms with Gasteiger partial charge in [-0.2, -0.15) is 0 Å². The van der Waals surface area contributed by atoms with Crippen LogP contribution in [0.5, 0.6) is 5.75 Å². The fourth-order valence-corrected chi connectivity index (χ4v) is 2.95. The van der Waals surface area contributed by atoms with Gasteiger partial charge >= 0.3 is 0 Å². The Hall–Kier alpha value is -1.44. The van der Waals surface area contributed by atoms with E-state index in [4.69, 9.17) is 0 Å². The molecule has 0 bridgehead atoms. The molecule has 0 atom stereocenters. The number of aromatic hydroxyl groups is 1. The monoisotopic (exact) mass is 229 g/mol. The summed E-state index contributed by atoms with van der Waals surface area (Å²) in [7, 11) is 0. The van der Waals surface area contributed by atoms with Crippen molar-refractivity contribution in [1.82, 2.24) is 4.98 Å². The maximum Gasteiger partial charge on any atom is 0.116 e. The minimum absolute atomic E-state index is 0.351. The normalized spacial score (nSPS) is 18.4. The van der Waals surface area contributed by atoms with E-state index in [1.54, 1.807) is 6.07 Å². The number of phenolic OH excluding ortho intramolecular Hbond substituents is 1. The van der Waals surface area contributed by atoms with Gasteiger partial charge in [-0.25, -0.2) is 0 Å². The van der Waals surface area contributed by atoms with Crippen molar-refractivity contribution in [2.24, 2.45) is 0 Å². The van der Waals surface area contributed by atoms with Gasteiger partial charge in [0.25, 0.3) is 0 Å². The van der Waals surface area contributed by atoms with E-state index in [1.807, 2.05) is 12.1 Å². The first-order valence-electron chi connectivity index (χ1n) is 6.64. The molecule has 0 radical (unpaired) electrons. The highest BCUT2D eigenvalue weighted by Gasteiger charge is 2.16. The summed E-state index contributed by atoms with van der Waals surface area (Å²) >= 11 is 0. The number of hydrogen-bond donors (Lipinski definition) is 2. The lowest BCUT2D eigenvalue weighted by Gasteiger charge is -2.11. The Morgan fingerprint density at radius 1 is 1.00 bits per heavy atom. The van der Waals surface area contributed by atoms with Gasteiger partial charge in [-0.1, -0.05) is 25.7 Å². The number of aromatic amines is 1. The second-order valence-corrected chi connectivity index (χ2v) is 5.18. The molecular formula is C15H19NO. The zero-order valence-corrected chi connectivity index (χ0v) is 10.1. The summed E-state index contributed by atoms with van der Waals surface area (Å²) in [6, 6.07) is 7.76. The number of phenols is 1. The van der Waals surface area contributed by atoms with Gasteiger partial charge in [-0.3, -0.25) is 0 Å². The molecule has 1 aliphatic carbocycles. The molecule has 0 saturated heterocycles. The maximum atomic E-state index is 9.48. The van der Waals surface area contributed by atoms with E-state index in [-0.39, 0.29) is 0 Å². The quantitative estimate of drug-likeness (QED) is 0.702. The van der Waals surface area contributed by atoms with Crippen LogP contribution in [0.3, 0.4) is 0 Å². The average molecular weight is 229 g/mol. The number of hydrogen-bond acceptors (Lipinski definition) is 1. The Balaban J connectivity index is 1.93. The van der Waals surface area contributed by atoms with Crippen molar-refractivity contribution in [3.05, 3.63) is 30.0 Å². The molecular weight excluding hydrogens is 210 g/mol. The van der Waals surface area contributed by atoms with Gasteiger partial charge in [-0.15, -0.1) is 0 Å². The minimum atomic E-state index is 0.351. The second kappa shape index (κ2) is 4.44. The lowest BCUT2D eigenvalue weighted by Crippen LogP contribution is -1.96. The third-order valence-corrected chi connectivity index (χ3v) is 3.92. The Bertz CT molecular complexity index is 507. The van der Waals surface area contributed by atoms with E-state index in [1.165, 1.54) is 44.2 Å². The number of nitrogens with one attached hydrogen (secondary N) is 1. The van der Waals surface area contributed by atoms with Crippen molar-refractivity contribution >= 4 is 10.9 Å². The van der Waals surface area contributed by atoms with Crippen LogP contribution in [0, 0.1) is 0 Å². The van der Waals surface area contributed by atoms with Gasteiger partial charge in [0.15, 0.2) is 0 Å². The maximum absolute atomic E-state index is 9.48. The molecule has 3 rings (SSSR count). The van der Waals surface area contributed by atoms with E-state index in [9.17, 15) is 5.11 Å². The number of benzene rings is 1. The molecule has 1 saturated carbocycles. The van der Waals surface area contributed by atoms with Crippen LogP contribution in [0.15, 0.2) is 24.3 Å². The highest BCUT2D eigenvalue weighted by molar-refractivity contribution is 5.82. The summed E-state index contributed by atoms with van der Waals surface area (Å²) in [5.74, 6) is 1.04. The van der Waals surface area contributed by atoms with Gasteiger partial charge in [-0.05, 0) is 43.0 Å². The molecule has 2 nitrogen and oxygen atoms in total. The van der Waals surface area contributed by atoms with Crippen molar-refractivity contribution in [1.29, 1.82) is 0 Å². The lowest BCUT2D eigenvalue weighted by atomic mass is 9.97. The van der Waals surface area contributed by atoms with Crippen LogP contribution >= 0.6 is 0 Å². The molecule has 1 fully saturated rings. The molecule has 2 aromatic rings. The summed E-state index contributed by atoms with van der Waals surface area (Å²) < 4.78 is 0. The summed E-state index contributed by atoms with van der Waals surface area (Å²) in [6.45, 7) is 0. The SMILES string of the molecule is Oc1ccc2[nH]c(C3CCCCCC3)cc2c1. The van der Waals surface area contributed by atoms with Crippen LogP contribution in [0.1, 0.15) is 50.1 Å². The van der Waals surface area contributed by atoms with Crippen LogP contribution in [0.25, 0.3) is 10.9 Å². The fourth-order valence-electron chi connectivity index (χ4n) is 2.95. The highest BCUT2D eigenvalue weighted by Crippen LogP contribution is 2.33. The fraction of sp³-hybridized carbons (Fsp3) is 0.467. The minimum Gasteiger partial charge on any atom is -0.508 e. The molecule has 2 N–H and O–H groups in total. The molecule has 2 heteroatoms. The summed E-state index contributed by atoms with van der Waals surface area (Å²) in [5.41, 5.74) is 2.49. The number of fused-ring (bicyclic) bond motifs is 1. The molecule has 0 aliphatic heterocycles. The van der Waals surface area contributed by atoms with Crippen molar-refractivity contribution in [2.45, 2.75) is 44.4 Å². The van der Waals surface area contributed by atoms with Crippen molar-refractivity contribution in [2.75, 3.05) is 0 Å². The van der Waals surface area contributed by atoms with Crippen LogP contribution in [0.2, 0.25) is 0 Å². The van der Waals surface area contributed by atoms with Crippen molar-refractivity contribution in [3.63, 3.8) is 0 Å². The number of aromatic nitrogens is 1. The highest BCUT2D eigenvalue weighted by atomic mass is 16.3. The third kappa shape index (κ3) is 2.17. The van der Waals surface area contributed by atoms with Crippen molar-refractivity contribution < 1.29 is 5.11 Å². The topological polar surface area (TPSA) is 36.0 Å². The first-order chi connectivity index (χ1) is 8.33. The Morgan fingerprint density at radius 2 is 1.76 bits per heavy atom. The zero-order valence-electron chi connectivity index (χ0n) is 10.1. The van der Waals surface area contributed by atoms with E-state index >= 15 is 0 Å². The third-order valence-electron chi connectivity index (χ3n) is 3.92. The van der Waals surface area contributed by atoms with E-state index in [2.05, 4.69) is 11.1 Å². The molecule has 1 aromatic heterocycles. The van der Waals surface area contributed by atoms with Crippen molar-refractivity contribution in [3.8, 4) is 5.75 Å². The van der Waals surface area contributed by atoms with E-state index in [0.29, 0.717) is 11.7 Å². The van der Waals surface area contributed by atoms with Gasteiger partial charge in [0.05, 0.1) is 0 Å². The first-order valence-corrected chi connectivity index (χ1v) is 6.64. The van der Waals surface area contributed by atoms with Gasteiger partial charge in [0.1, 0.15) is 5.75 Å². The van der Waals surface area contributed by atoms with E-state index in [0.717, 1.165) is 10.9 Å². The average Bonchev–Trinajstić information content (AvgIpc) is 2.57. The Morgan fingerprint density at radius 3 is 2.53 bits per heavy atom. The summed E-state index contributed by atoms with van der Waals surface area (Å²) in [6.07, 6.45) is 8.09. The number of rotatable bonds is 1. The first kappa shape index (κ1) is 10.7. The summed E-state index contributed by atoms with van der Waals surface area (Å²) in [4.78, 5) is 3.51. The Kier molecular flexibility index (Phi) is 2.79.